The van der Waals surface area contributed by atoms with Gasteiger partial charge in [0.25, 0.3) is 0 Å². The molecule has 3 unspecified atom stereocenters. The molecule has 0 aliphatic carbocycles. The fraction of sp³-hybridized carbons (Fsp3) is 0.545. The topological polar surface area (TPSA) is 109 Å². The number of nitriles is 1. The second kappa shape index (κ2) is 12.0. The van der Waals surface area contributed by atoms with Gasteiger partial charge in [-0.05, 0) is 63.8 Å². The van der Waals surface area contributed by atoms with Gasteiger partial charge in [0.1, 0.15) is 17.8 Å². The summed E-state index contributed by atoms with van der Waals surface area (Å²) in [5.74, 6) is 0.812. The van der Waals surface area contributed by atoms with Crippen molar-refractivity contribution in [2.75, 3.05) is 69.8 Å². The number of likely N-dealkylation sites (tertiary alicyclic amines) is 1. The number of benzene rings is 2. The molecule has 3 saturated heterocycles. The molecule has 3 aromatic rings. The number of hydrogen-bond donors (Lipinski definition) is 0. The number of sulfonamides is 1. The summed E-state index contributed by atoms with van der Waals surface area (Å²) in [6.07, 6.45) is 3.13. The van der Waals surface area contributed by atoms with Gasteiger partial charge in [0.15, 0.2) is 0 Å². The van der Waals surface area contributed by atoms with Crippen molar-refractivity contribution in [1.29, 1.82) is 5.26 Å². The molecule has 4 atom stereocenters. The summed E-state index contributed by atoms with van der Waals surface area (Å²) in [5.41, 5.74) is 4.47. The van der Waals surface area contributed by atoms with E-state index < -0.39 is 21.4 Å². The lowest BCUT2D eigenvalue weighted by Gasteiger charge is -2.41. The minimum absolute atomic E-state index is 0.130. The Hall–Kier alpha value is -3.50. The third-order valence-corrected chi connectivity index (χ3v) is 12.4. The third-order valence-electron chi connectivity index (χ3n) is 10.1. The standard InChI is InChI=1S/C33H42N8O3S/c1-23-7-4-8-24-9-5-11-29(31(23)24)39-16-13-27-28(20-39)35-33(44-22-26-10-6-15-37(26)2)36-32(27)40-17-18-41(25(19-40)12-14-34)45(42,43)30-21-38(30)3/h4-5,7-9,11,25-26,30H,6,10,12-13,15-22H2,1-3H3/t25-,26?,30?,38?/m0/s1. The molecule has 5 heterocycles. The zero-order valence-electron chi connectivity index (χ0n) is 26.4. The van der Waals surface area contributed by atoms with Crippen molar-refractivity contribution < 1.29 is 13.2 Å². The van der Waals surface area contributed by atoms with E-state index in [1.807, 2.05) is 11.9 Å². The van der Waals surface area contributed by atoms with Gasteiger partial charge >= 0.3 is 6.01 Å². The highest BCUT2D eigenvalue weighted by atomic mass is 32.2. The molecule has 4 aliphatic heterocycles. The summed E-state index contributed by atoms with van der Waals surface area (Å²) >= 11 is 0. The predicted octanol–water partition coefficient (Wildman–Crippen LogP) is 2.98. The van der Waals surface area contributed by atoms with Crippen LogP contribution < -0.4 is 14.5 Å². The number of fused-ring (bicyclic) bond motifs is 2. The van der Waals surface area contributed by atoms with Crippen molar-refractivity contribution in [3.8, 4) is 12.1 Å². The molecule has 12 heteroatoms. The first kappa shape index (κ1) is 30.2. The van der Waals surface area contributed by atoms with Crippen LogP contribution in [0.1, 0.15) is 36.1 Å². The van der Waals surface area contributed by atoms with Crippen molar-refractivity contribution in [1.82, 2.24) is 24.1 Å². The molecule has 4 aliphatic rings. The van der Waals surface area contributed by atoms with Gasteiger partial charge in [0, 0.05) is 55.4 Å². The zero-order valence-corrected chi connectivity index (χ0v) is 27.2. The van der Waals surface area contributed by atoms with Gasteiger partial charge in [-0.25, -0.2) is 8.42 Å². The van der Waals surface area contributed by atoms with Crippen LogP contribution in [0.25, 0.3) is 10.8 Å². The van der Waals surface area contributed by atoms with Crippen molar-refractivity contribution >= 4 is 32.3 Å². The minimum atomic E-state index is -3.51. The van der Waals surface area contributed by atoms with Crippen LogP contribution in [0.3, 0.4) is 0 Å². The van der Waals surface area contributed by atoms with Crippen LogP contribution in [0.4, 0.5) is 11.5 Å². The number of hydrogen-bond acceptors (Lipinski definition) is 10. The summed E-state index contributed by atoms with van der Waals surface area (Å²) in [5, 5.41) is 11.7. The number of likely N-dealkylation sites (N-methyl/N-ethyl adjacent to an activating group) is 2. The minimum Gasteiger partial charge on any atom is -0.462 e. The zero-order chi connectivity index (χ0) is 31.3. The Labute approximate surface area is 266 Å². The molecule has 45 heavy (non-hydrogen) atoms. The predicted molar refractivity (Wildman–Crippen MR) is 175 cm³/mol. The Bertz CT molecular complexity index is 1740. The average molecular weight is 631 g/mol. The summed E-state index contributed by atoms with van der Waals surface area (Å²) in [6, 6.07) is 15.4. The quantitative estimate of drug-likeness (QED) is 0.345. The van der Waals surface area contributed by atoms with Crippen LogP contribution in [0.15, 0.2) is 36.4 Å². The number of nitrogens with zero attached hydrogens (tertiary/aromatic N) is 8. The van der Waals surface area contributed by atoms with Crippen molar-refractivity contribution in [2.24, 2.45) is 0 Å². The maximum Gasteiger partial charge on any atom is 0.318 e. The Morgan fingerprint density at radius 2 is 1.78 bits per heavy atom. The molecule has 2 aromatic carbocycles. The Kier molecular flexibility index (Phi) is 8.06. The van der Waals surface area contributed by atoms with E-state index in [0.29, 0.717) is 51.4 Å². The van der Waals surface area contributed by atoms with E-state index in [9.17, 15) is 13.7 Å². The van der Waals surface area contributed by atoms with Crippen LogP contribution in [0, 0.1) is 18.3 Å². The highest BCUT2D eigenvalue weighted by molar-refractivity contribution is 7.90. The smallest absolute Gasteiger partial charge is 0.318 e. The maximum absolute atomic E-state index is 13.4. The largest absolute Gasteiger partial charge is 0.462 e. The first-order valence-corrected chi connectivity index (χ1v) is 17.5. The molecule has 0 radical (unpaired) electrons. The molecule has 238 valence electrons. The molecule has 11 nitrogen and oxygen atoms in total. The van der Waals surface area contributed by atoms with Crippen molar-refractivity contribution in [2.45, 2.75) is 56.6 Å². The number of aromatic nitrogens is 2. The maximum atomic E-state index is 13.4. The number of rotatable bonds is 8. The number of ether oxygens (including phenoxy) is 1. The van der Waals surface area contributed by atoms with Gasteiger partial charge in [0.2, 0.25) is 10.0 Å². The fourth-order valence-corrected chi connectivity index (χ4v) is 9.45. The Morgan fingerprint density at radius 3 is 2.51 bits per heavy atom. The first-order valence-electron chi connectivity index (χ1n) is 16.0. The molecular formula is C33H42N8O3S. The molecule has 1 aromatic heterocycles. The second-order valence-electron chi connectivity index (χ2n) is 13.0. The lowest BCUT2D eigenvalue weighted by atomic mass is 9.99. The lowest BCUT2D eigenvalue weighted by Crippen LogP contribution is -2.56. The number of aryl methyl sites for hydroxylation is 1. The molecule has 0 N–H and O–H groups in total. The molecule has 0 spiro atoms. The van der Waals surface area contributed by atoms with Crippen LogP contribution >= 0.6 is 0 Å². The van der Waals surface area contributed by atoms with E-state index in [1.165, 1.54) is 22.0 Å². The van der Waals surface area contributed by atoms with E-state index in [4.69, 9.17) is 14.7 Å². The van der Waals surface area contributed by atoms with E-state index in [2.05, 4.69) is 71.1 Å². The SMILES string of the molecule is Cc1cccc2cccc(N3CCc4c(nc(OCC5CCCN5C)nc4N4CCN(S(=O)(=O)C5CN5C)[C@@H](CC#N)C4)C3)c12. The van der Waals surface area contributed by atoms with E-state index in [-0.39, 0.29) is 6.42 Å². The lowest BCUT2D eigenvalue weighted by molar-refractivity contribution is 0.187. The fourth-order valence-electron chi connectivity index (χ4n) is 7.36. The molecule has 3 fully saturated rings. The van der Waals surface area contributed by atoms with Gasteiger partial charge < -0.3 is 19.4 Å². The summed E-state index contributed by atoms with van der Waals surface area (Å²) in [7, 11) is 0.439. The molecule has 7 rings (SSSR count). The highest BCUT2D eigenvalue weighted by Gasteiger charge is 2.49. The highest BCUT2D eigenvalue weighted by Crippen LogP contribution is 2.37. The molecule has 0 bridgehead atoms. The van der Waals surface area contributed by atoms with Gasteiger partial charge in [0.05, 0.1) is 30.8 Å². The monoisotopic (exact) mass is 630 g/mol. The molecule has 0 saturated carbocycles. The van der Waals surface area contributed by atoms with Crippen LogP contribution in [0.2, 0.25) is 0 Å². The average Bonchev–Trinajstić information content (AvgIpc) is 3.65. The summed E-state index contributed by atoms with van der Waals surface area (Å²) in [6.45, 7) is 6.95. The van der Waals surface area contributed by atoms with Gasteiger partial charge in [-0.3, -0.25) is 4.90 Å². The van der Waals surface area contributed by atoms with Gasteiger partial charge in [-0.1, -0.05) is 30.3 Å². The van der Waals surface area contributed by atoms with Gasteiger partial charge in [-0.15, -0.1) is 0 Å². The Balaban J connectivity index is 1.21. The van der Waals surface area contributed by atoms with E-state index >= 15 is 0 Å². The van der Waals surface area contributed by atoms with Crippen LogP contribution in [-0.2, 0) is 23.0 Å². The third kappa shape index (κ3) is 5.71. The van der Waals surface area contributed by atoms with E-state index in [0.717, 1.165) is 49.4 Å². The van der Waals surface area contributed by atoms with E-state index in [1.54, 1.807) is 4.31 Å². The Morgan fingerprint density at radius 1 is 0.978 bits per heavy atom. The second-order valence-corrected chi connectivity index (χ2v) is 15.0. The molecular weight excluding hydrogens is 588 g/mol. The van der Waals surface area contributed by atoms with Crippen LogP contribution in [-0.4, -0.2) is 110 Å². The molecule has 0 amide bonds. The van der Waals surface area contributed by atoms with Crippen LogP contribution in [0.5, 0.6) is 6.01 Å². The van der Waals surface area contributed by atoms with Crippen molar-refractivity contribution in [3.05, 3.63) is 53.2 Å². The summed E-state index contributed by atoms with van der Waals surface area (Å²) < 4.78 is 34.7. The normalized spacial score (nSPS) is 25.7. The van der Waals surface area contributed by atoms with Gasteiger partial charge in [-0.2, -0.15) is 19.5 Å². The summed E-state index contributed by atoms with van der Waals surface area (Å²) in [4.78, 5) is 18.7. The number of piperazine rings is 1. The first-order chi connectivity index (χ1) is 21.7. The van der Waals surface area contributed by atoms with Crippen molar-refractivity contribution in [3.63, 3.8) is 0 Å². The number of anilines is 2.